The molecule has 1 aliphatic heterocycles. The summed E-state index contributed by atoms with van der Waals surface area (Å²) >= 11 is 6.13. The third kappa shape index (κ3) is 4.16. The highest BCUT2D eigenvalue weighted by Crippen LogP contribution is 2.22. The van der Waals surface area contributed by atoms with Gasteiger partial charge in [0.2, 0.25) is 0 Å². The molecule has 2 aromatic heterocycles. The summed E-state index contributed by atoms with van der Waals surface area (Å²) in [6, 6.07) is 5.23. The lowest BCUT2D eigenvalue weighted by molar-refractivity contribution is -0.754. The normalized spacial score (nSPS) is 14.8. The molecule has 1 aliphatic rings. The van der Waals surface area contributed by atoms with Crippen LogP contribution in [0.4, 0.5) is 11.5 Å². The lowest BCUT2D eigenvalue weighted by atomic mass is 10.1. The monoisotopic (exact) mass is 378 g/mol. The summed E-state index contributed by atoms with van der Waals surface area (Å²) in [5, 5.41) is 3.46. The topological polar surface area (TPSA) is 63.3 Å². The Morgan fingerprint density at radius 1 is 1.38 bits per heavy atom. The Kier molecular flexibility index (Phi) is 5.20. The summed E-state index contributed by atoms with van der Waals surface area (Å²) in [5.41, 5.74) is -0.0982. The van der Waals surface area contributed by atoms with Gasteiger partial charge in [-0.25, -0.2) is 4.98 Å². The SMILES string of the molecule is Cn1c(=O)c(Nc2ccc(OC(C)(C)CN3CCC3)cn2)cc(Cl)[n+]1C. The van der Waals surface area contributed by atoms with Crippen LogP contribution in [0, 0.1) is 0 Å². The van der Waals surface area contributed by atoms with Gasteiger partial charge in [0.25, 0.3) is 5.15 Å². The zero-order valence-electron chi connectivity index (χ0n) is 15.6. The van der Waals surface area contributed by atoms with Gasteiger partial charge in [-0.3, -0.25) is 9.69 Å². The Balaban J connectivity index is 1.69. The van der Waals surface area contributed by atoms with Gasteiger partial charge in [0.05, 0.1) is 19.3 Å². The summed E-state index contributed by atoms with van der Waals surface area (Å²) in [5.74, 6) is 1.26. The van der Waals surface area contributed by atoms with Crippen LogP contribution in [0.15, 0.2) is 29.2 Å². The van der Waals surface area contributed by atoms with E-state index < -0.39 is 0 Å². The van der Waals surface area contributed by atoms with E-state index in [0.717, 1.165) is 19.6 Å². The van der Waals surface area contributed by atoms with Crippen molar-refractivity contribution < 1.29 is 9.42 Å². The number of nitrogens with one attached hydrogen (secondary N) is 1. The fourth-order valence-electron chi connectivity index (χ4n) is 2.90. The van der Waals surface area contributed by atoms with Crippen LogP contribution in [0.3, 0.4) is 0 Å². The summed E-state index contributed by atoms with van der Waals surface area (Å²) in [7, 11) is 3.38. The summed E-state index contributed by atoms with van der Waals surface area (Å²) in [4.78, 5) is 19.0. The predicted octanol–water partition coefficient (Wildman–Crippen LogP) is 1.86. The van der Waals surface area contributed by atoms with Crippen molar-refractivity contribution in [2.45, 2.75) is 25.9 Å². The average Bonchev–Trinajstić information content (AvgIpc) is 2.56. The Labute approximate surface area is 158 Å². The molecule has 0 atom stereocenters. The minimum absolute atomic E-state index is 0.185. The molecule has 0 unspecified atom stereocenters. The number of pyridine rings is 1. The number of hydrogen-bond donors (Lipinski definition) is 1. The maximum Gasteiger partial charge on any atom is 0.324 e. The van der Waals surface area contributed by atoms with Crippen LogP contribution in [-0.2, 0) is 14.1 Å². The van der Waals surface area contributed by atoms with E-state index in [2.05, 4.69) is 29.0 Å². The Morgan fingerprint density at radius 2 is 2.12 bits per heavy atom. The van der Waals surface area contributed by atoms with Crippen molar-refractivity contribution in [1.29, 1.82) is 0 Å². The molecule has 0 bridgehead atoms. The summed E-state index contributed by atoms with van der Waals surface area (Å²) in [6.45, 7) is 7.32. The Bertz CT molecular complexity index is 844. The van der Waals surface area contributed by atoms with Gasteiger partial charge >= 0.3 is 5.56 Å². The number of anilines is 2. The van der Waals surface area contributed by atoms with Gasteiger partial charge in [0, 0.05) is 6.54 Å². The first kappa shape index (κ1) is 18.7. The molecule has 3 rings (SSSR count). The highest BCUT2D eigenvalue weighted by molar-refractivity contribution is 6.28. The van der Waals surface area contributed by atoms with Crippen molar-refractivity contribution in [2.24, 2.45) is 14.1 Å². The van der Waals surface area contributed by atoms with Gasteiger partial charge in [-0.05, 0) is 57.1 Å². The van der Waals surface area contributed by atoms with Crippen molar-refractivity contribution in [3.8, 4) is 5.75 Å². The molecule has 140 valence electrons. The first-order valence-electron chi connectivity index (χ1n) is 8.65. The van der Waals surface area contributed by atoms with Crippen LogP contribution >= 0.6 is 11.6 Å². The molecular weight excluding hydrogens is 354 g/mol. The van der Waals surface area contributed by atoms with E-state index in [0.29, 0.717) is 22.4 Å². The average molecular weight is 379 g/mol. The minimum atomic E-state index is -0.283. The van der Waals surface area contributed by atoms with E-state index in [1.807, 2.05) is 6.07 Å². The van der Waals surface area contributed by atoms with Crippen molar-refractivity contribution >= 4 is 23.1 Å². The standard InChI is InChI=1S/C18H24ClN5O2/c1-18(2,12-24-8-5-9-24)26-13-6-7-16(20-11-13)21-14-10-15(19)22(3)23(4)17(14)25/h6-7,10-11H,5,8-9,12H2,1-4H3/p+1. The zero-order valence-corrected chi connectivity index (χ0v) is 16.4. The fraction of sp³-hybridized carbons (Fsp3) is 0.500. The molecule has 1 N–H and O–H groups in total. The van der Waals surface area contributed by atoms with Crippen molar-refractivity contribution in [2.75, 3.05) is 25.0 Å². The van der Waals surface area contributed by atoms with Crippen LogP contribution in [0.5, 0.6) is 5.75 Å². The summed E-state index contributed by atoms with van der Waals surface area (Å²) in [6.07, 6.45) is 2.92. The van der Waals surface area contributed by atoms with E-state index in [-0.39, 0.29) is 11.2 Å². The van der Waals surface area contributed by atoms with Gasteiger partial charge in [-0.15, -0.1) is 4.68 Å². The van der Waals surface area contributed by atoms with Gasteiger partial charge in [0.15, 0.2) is 7.05 Å². The van der Waals surface area contributed by atoms with Crippen LogP contribution in [-0.4, -0.2) is 39.8 Å². The van der Waals surface area contributed by atoms with E-state index in [1.165, 1.54) is 11.1 Å². The number of rotatable bonds is 6. The van der Waals surface area contributed by atoms with Crippen LogP contribution in [0.2, 0.25) is 5.15 Å². The lowest BCUT2D eigenvalue weighted by Gasteiger charge is -2.38. The molecule has 0 saturated carbocycles. The van der Waals surface area contributed by atoms with Gasteiger partial charge in [0.1, 0.15) is 22.9 Å². The third-order valence-corrected chi connectivity index (χ3v) is 4.85. The van der Waals surface area contributed by atoms with Crippen LogP contribution in [0.25, 0.3) is 0 Å². The molecule has 2 aromatic rings. The largest absolute Gasteiger partial charge is 0.485 e. The van der Waals surface area contributed by atoms with E-state index in [4.69, 9.17) is 16.3 Å². The van der Waals surface area contributed by atoms with Gasteiger partial charge < -0.3 is 10.1 Å². The molecule has 0 aromatic carbocycles. The number of ether oxygens (including phenoxy) is 1. The van der Waals surface area contributed by atoms with E-state index >= 15 is 0 Å². The second-order valence-electron chi connectivity index (χ2n) is 7.23. The second kappa shape index (κ2) is 7.25. The van der Waals surface area contributed by atoms with Gasteiger partial charge in [-0.1, -0.05) is 4.68 Å². The molecule has 0 spiro atoms. The van der Waals surface area contributed by atoms with Crippen LogP contribution in [0.1, 0.15) is 20.3 Å². The van der Waals surface area contributed by atoms with Crippen molar-refractivity contribution in [3.05, 3.63) is 39.9 Å². The molecule has 7 nitrogen and oxygen atoms in total. The molecule has 1 fully saturated rings. The first-order valence-corrected chi connectivity index (χ1v) is 9.03. The number of halogens is 1. The maximum absolute atomic E-state index is 12.3. The molecule has 1 saturated heterocycles. The fourth-order valence-corrected chi connectivity index (χ4v) is 3.12. The van der Waals surface area contributed by atoms with E-state index in [1.54, 1.807) is 37.1 Å². The molecule has 0 aliphatic carbocycles. The number of hydrogen-bond acceptors (Lipinski definition) is 5. The number of aromatic nitrogens is 3. The Morgan fingerprint density at radius 3 is 2.69 bits per heavy atom. The third-order valence-electron chi connectivity index (χ3n) is 4.49. The highest BCUT2D eigenvalue weighted by atomic mass is 35.5. The number of nitrogens with zero attached hydrogens (tertiary/aromatic N) is 4. The quantitative estimate of drug-likeness (QED) is 0.777. The van der Waals surface area contributed by atoms with Crippen molar-refractivity contribution in [3.63, 3.8) is 0 Å². The first-order chi connectivity index (χ1) is 12.2. The molecular formula is C18H25ClN5O2+. The molecule has 0 amide bonds. The lowest BCUT2D eigenvalue weighted by Crippen LogP contribution is -2.48. The van der Waals surface area contributed by atoms with Crippen LogP contribution < -0.4 is 20.3 Å². The smallest absolute Gasteiger partial charge is 0.324 e. The highest BCUT2D eigenvalue weighted by Gasteiger charge is 2.26. The number of likely N-dealkylation sites (tertiary alicyclic amines) is 1. The summed E-state index contributed by atoms with van der Waals surface area (Å²) < 4.78 is 9.07. The minimum Gasteiger partial charge on any atom is -0.485 e. The predicted molar refractivity (Wildman–Crippen MR) is 101 cm³/mol. The van der Waals surface area contributed by atoms with E-state index in [9.17, 15) is 4.79 Å². The molecule has 3 heterocycles. The molecule has 8 heteroatoms. The molecule has 26 heavy (non-hydrogen) atoms. The molecule has 0 radical (unpaired) electrons. The van der Waals surface area contributed by atoms with Gasteiger partial charge in [-0.2, -0.15) is 0 Å². The zero-order chi connectivity index (χ0) is 18.9. The maximum atomic E-state index is 12.3. The second-order valence-corrected chi connectivity index (χ2v) is 7.62. The van der Waals surface area contributed by atoms with Crippen molar-refractivity contribution in [1.82, 2.24) is 14.6 Å². The Hall–Kier alpha value is -2.12.